The third kappa shape index (κ3) is 4.40. The zero-order valence-corrected chi connectivity index (χ0v) is 17.4. The first-order chi connectivity index (χ1) is 15.1. The number of hydrogen-bond acceptors (Lipinski definition) is 4. The second-order valence-electron chi connectivity index (χ2n) is 7.88. The van der Waals surface area contributed by atoms with Gasteiger partial charge in [-0.05, 0) is 36.1 Å². The van der Waals surface area contributed by atoms with Crippen molar-refractivity contribution in [1.82, 2.24) is 9.88 Å². The van der Waals surface area contributed by atoms with Gasteiger partial charge in [0.25, 0.3) is 0 Å². The summed E-state index contributed by atoms with van der Waals surface area (Å²) >= 11 is 0. The molecule has 1 amide bonds. The molecule has 1 aliphatic heterocycles. The van der Waals surface area contributed by atoms with Crippen molar-refractivity contribution in [2.75, 3.05) is 18.8 Å². The zero-order valence-electron chi connectivity index (χ0n) is 17.4. The quantitative estimate of drug-likeness (QED) is 0.466. The summed E-state index contributed by atoms with van der Waals surface area (Å²) in [6.07, 6.45) is 4.33. The van der Waals surface area contributed by atoms with Crippen molar-refractivity contribution in [2.24, 2.45) is 0 Å². The highest BCUT2D eigenvalue weighted by molar-refractivity contribution is 5.91. The SMILES string of the molecule is C=CC(=O)N1CCC(c2cc(C=N)c(N)c(-c3ccc(Cc4ccccc4)cc3)n2)C1. The van der Waals surface area contributed by atoms with Crippen molar-refractivity contribution in [3.8, 4) is 11.3 Å². The summed E-state index contributed by atoms with van der Waals surface area (Å²) in [6.45, 7) is 4.87. The molecule has 1 unspecified atom stereocenters. The van der Waals surface area contributed by atoms with Crippen molar-refractivity contribution >= 4 is 17.8 Å². The molecule has 3 N–H and O–H groups in total. The number of carbonyl (C=O) groups excluding carboxylic acids is 1. The smallest absolute Gasteiger partial charge is 0.245 e. The van der Waals surface area contributed by atoms with E-state index in [0.29, 0.717) is 30.0 Å². The summed E-state index contributed by atoms with van der Waals surface area (Å²) in [5, 5.41) is 7.80. The van der Waals surface area contributed by atoms with Crippen LogP contribution in [0.5, 0.6) is 0 Å². The Morgan fingerprint density at radius 2 is 1.87 bits per heavy atom. The molecule has 0 spiro atoms. The van der Waals surface area contributed by atoms with Crippen LogP contribution in [0.15, 0.2) is 73.3 Å². The highest BCUT2D eigenvalue weighted by atomic mass is 16.2. The van der Waals surface area contributed by atoms with Crippen LogP contribution in [-0.4, -0.2) is 35.1 Å². The number of carbonyl (C=O) groups is 1. The highest BCUT2D eigenvalue weighted by Gasteiger charge is 2.28. The van der Waals surface area contributed by atoms with E-state index in [1.165, 1.54) is 23.4 Å². The van der Waals surface area contributed by atoms with Gasteiger partial charge >= 0.3 is 0 Å². The number of benzene rings is 2. The van der Waals surface area contributed by atoms with Crippen molar-refractivity contribution in [3.05, 3.63) is 95.7 Å². The Kier molecular flexibility index (Phi) is 5.94. The average molecular weight is 411 g/mol. The Balaban J connectivity index is 1.62. The number of pyridine rings is 1. The normalized spacial score (nSPS) is 15.6. The number of nitrogens with zero attached hydrogens (tertiary/aromatic N) is 2. The largest absolute Gasteiger partial charge is 0.396 e. The van der Waals surface area contributed by atoms with Crippen LogP contribution in [-0.2, 0) is 11.2 Å². The van der Waals surface area contributed by atoms with E-state index in [0.717, 1.165) is 24.1 Å². The molecule has 0 radical (unpaired) electrons. The predicted octanol–water partition coefficient (Wildman–Crippen LogP) is 4.42. The van der Waals surface area contributed by atoms with E-state index >= 15 is 0 Å². The Morgan fingerprint density at radius 1 is 1.16 bits per heavy atom. The molecule has 0 bridgehead atoms. The van der Waals surface area contributed by atoms with E-state index in [1.54, 1.807) is 4.90 Å². The topological polar surface area (TPSA) is 83.1 Å². The van der Waals surface area contributed by atoms with Gasteiger partial charge in [0.1, 0.15) is 0 Å². The number of anilines is 1. The lowest BCUT2D eigenvalue weighted by Gasteiger charge is -2.17. The van der Waals surface area contributed by atoms with Crippen LogP contribution in [0.25, 0.3) is 11.3 Å². The van der Waals surface area contributed by atoms with Crippen molar-refractivity contribution in [2.45, 2.75) is 18.8 Å². The van der Waals surface area contributed by atoms with E-state index in [1.807, 2.05) is 36.4 Å². The summed E-state index contributed by atoms with van der Waals surface area (Å²) in [5.41, 5.74) is 12.5. The Bertz CT molecular complexity index is 1110. The van der Waals surface area contributed by atoms with Gasteiger partial charge in [0.15, 0.2) is 0 Å². The first-order valence-electron chi connectivity index (χ1n) is 10.4. The molecule has 5 heteroatoms. The average Bonchev–Trinajstić information content (AvgIpc) is 3.30. The highest BCUT2D eigenvalue weighted by Crippen LogP contribution is 2.33. The molecule has 156 valence electrons. The Morgan fingerprint density at radius 3 is 2.55 bits per heavy atom. The number of hydrogen-bond donors (Lipinski definition) is 2. The van der Waals surface area contributed by atoms with Gasteiger partial charge in [0.05, 0.1) is 11.4 Å². The van der Waals surface area contributed by atoms with Crippen LogP contribution in [0.2, 0.25) is 0 Å². The standard InChI is InChI=1S/C26H26N4O/c1-2-24(31)30-13-12-21(17-30)23-15-22(16-27)25(28)26(29-23)20-10-8-19(9-11-20)14-18-6-4-3-5-7-18/h2-11,15-16,21,27H,1,12-14,17,28H2. The lowest BCUT2D eigenvalue weighted by molar-refractivity contribution is -0.125. The number of nitrogens with one attached hydrogen (secondary N) is 1. The summed E-state index contributed by atoms with van der Waals surface area (Å²) < 4.78 is 0. The summed E-state index contributed by atoms with van der Waals surface area (Å²) in [4.78, 5) is 18.6. The minimum absolute atomic E-state index is 0.0561. The fourth-order valence-electron chi connectivity index (χ4n) is 4.09. The van der Waals surface area contributed by atoms with Crippen molar-refractivity contribution in [3.63, 3.8) is 0 Å². The molecule has 1 aromatic heterocycles. The molecule has 5 nitrogen and oxygen atoms in total. The van der Waals surface area contributed by atoms with Crippen LogP contribution in [0.3, 0.4) is 0 Å². The monoisotopic (exact) mass is 410 g/mol. The minimum atomic E-state index is -0.0561. The molecule has 0 aliphatic carbocycles. The molecular weight excluding hydrogens is 384 g/mol. The van der Waals surface area contributed by atoms with Gasteiger partial charge in [-0.25, -0.2) is 0 Å². The molecule has 2 heterocycles. The van der Waals surface area contributed by atoms with Gasteiger partial charge in [-0.3, -0.25) is 9.78 Å². The number of rotatable bonds is 6. The van der Waals surface area contributed by atoms with Crippen molar-refractivity contribution < 1.29 is 4.79 Å². The Hall–Kier alpha value is -3.73. The molecular formula is C26H26N4O. The number of amides is 1. The number of nitrogen functional groups attached to an aromatic ring is 1. The molecule has 2 aromatic carbocycles. The van der Waals surface area contributed by atoms with E-state index in [2.05, 4.69) is 30.8 Å². The van der Waals surface area contributed by atoms with E-state index in [9.17, 15) is 4.79 Å². The molecule has 1 aliphatic rings. The molecule has 1 fully saturated rings. The lowest BCUT2D eigenvalue weighted by Crippen LogP contribution is -2.26. The third-order valence-corrected chi connectivity index (χ3v) is 5.84. The second-order valence-corrected chi connectivity index (χ2v) is 7.88. The third-order valence-electron chi connectivity index (χ3n) is 5.84. The molecule has 31 heavy (non-hydrogen) atoms. The maximum atomic E-state index is 12.0. The van der Waals surface area contributed by atoms with Crippen LogP contribution in [0.4, 0.5) is 5.69 Å². The van der Waals surface area contributed by atoms with Gasteiger partial charge in [-0.1, -0.05) is 61.2 Å². The molecule has 0 saturated carbocycles. The number of aromatic nitrogens is 1. The van der Waals surface area contributed by atoms with E-state index < -0.39 is 0 Å². The summed E-state index contributed by atoms with van der Waals surface area (Å²) in [5.74, 6) is 0.0683. The molecule has 3 aromatic rings. The Labute approximate surface area is 182 Å². The molecule has 1 saturated heterocycles. The predicted molar refractivity (Wildman–Crippen MR) is 125 cm³/mol. The van der Waals surface area contributed by atoms with Crippen LogP contribution >= 0.6 is 0 Å². The first kappa shape index (κ1) is 20.5. The van der Waals surface area contributed by atoms with Gasteiger partial charge in [-0.2, -0.15) is 0 Å². The second kappa shape index (κ2) is 8.96. The fourth-order valence-corrected chi connectivity index (χ4v) is 4.09. The maximum absolute atomic E-state index is 12.0. The van der Waals surface area contributed by atoms with Gasteiger partial charge in [0.2, 0.25) is 5.91 Å². The first-order valence-corrected chi connectivity index (χ1v) is 10.4. The van der Waals surface area contributed by atoms with E-state index in [-0.39, 0.29) is 11.8 Å². The van der Waals surface area contributed by atoms with Gasteiger partial charge in [0, 0.05) is 42.0 Å². The zero-order chi connectivity index (χ0) is 21.8. The number of nitrogens with two attached hydrogens (primary N) is 1. The number of likely N-dealkylation sites (tertiary alicyclic amines) is 1. The van der Waals surface area contributed by atoms with Crippen LogP contribution < -0.4 is 5.73 Å². The molecule has 1 atom stereocenters. The van der Waals surface area contributed by atoms with Crippen molar-refractivity contribution in [1.29, 1.82) is 5.41 Å². The lowest BCUT2D eigenvalue weighted by atomic mass is 9.98. The fraction of sp³-hybridized carbons (Fsp3) is 0.192. The summed E-state index contributed by atoms with van der Waals surface area (Å²) in [7, 11) is 0. The minimum Gasteiger partial charge on any atom is -0.396 e. The maximum Gasteiger partial charge on any atom is 0.245 e. The van der Waals surface area contributed by atoms with Gasteiger partial charge < -0.3 is 16.0 Å². The molecule has 4 rings (SSSR count). The summed E-state index contributed by atoms with van der Waals surface area (Å²) in [6, 6.07) is 20.5. The van der Waals surface area contributed by atoms with Crippen LogP contribution in [0, 0.1) is 5.41 Å². The van der Waals surface area contributed by atoms with E-state index in [4.69, 9.17) is 16.1 Å². The van der Waals surface area contributed by atoms with Crippen LogP contribution in [0.1, 0.15) is 34.7 Å². The van der Waals surface area contributed by atoms with Gasteiger partial charge in [-0.15, -0.1) is 0 Å².